The highest BCUT2D eigenvalue weighted by Gasteiger charge is 2.17. The highest BCUT2D eigenvalue weighted by Crippen LogP contribution is 2.12. The number of hydrogen-bond donors (Lipinski definition) is 1. The Hall–Kier alpha value is -2.01. The van der Waals surface area contributed by atoms with Crippen molar-refractivity contribution in [1.82, 2.24) is 10.2 Å². The van der Waals surface area contributed by atoms with E-state index >= 15 is 0 Å². The Kier molecular flexibility index (Phi) is 8.94. The van der Waals surface area contributed by atoms with Gasteiger partial charge in [0.1, 0.15) is 5.76 Å². The second-order valence-electron chi connectivity index (χ2n) is 4.55. The van der Waals surface area contributed by atoms with Gasteiger partial charge in [0.05, 0.1) is 13.2 Å². The third-order valence-electron chi connectivity index (χ3n) is 2.94. The molecule has 0 saturated carbocycles. The molecule has 0 bridgehead atoms. The summed E-state index contributed by atoms with van der Waals surface area (Å²) >= 11 is 3.19. The van der Waals surface area contributed by atoms with Gasteiger partial charge in [0.25, 0.3) is 0 Å². The number of rotatable bonds is 8. The SMILES string of the molecule is C=C/C(=C\C(=C)C(C)N(C)C(=O)NC(=C)/C=C\C(=C)Br)OC. The molecule has 0 aliphatic rings. The van der Waals surface area contributed by atoms with Crippen molar-refractivity contribution in [2.45, 2.75) is 13.0 Å². The van der Waals surface area contributed by atoms with Gasteiger partial charge in [-0.1, -0.05) is 42.2 Å². The number of carbonyl (C=O) groups is 1. The first-order valence-electron chi connectivity index (χ1n) is 6.55. The van der Waals surface area contributed by atoms with Crippen molar-refractivity contribution in [2.75, 3.05) is 14.2 Å². The van der Waals surface area contributed by atoms with Crippen LogP contribution in [0, 0.1) is 0 Å². The largest absolute Gasteiger partial charge is 0.497 e. The average molecular weight is 367 g/mol. The quantitative estimate of drug-likeness (QED) is 0.514. The van der Waals surface area contributed by atoms with Crippen LogP contribution in [0.2, 0.25) is 0 Å². The van der Waals surface area contributed by atoms with Gasteiger partial charge in [-0.2, -0.15) is 0 Å². The Morgan fingerprint density at radius 1 is 1.32 bits per heavy atom. The number of likely N-dealkylation sites (N-methyl/N-ethyl adjacent to an activating group) is 1. The number of ether oxygens (including phenoxy) is 1. The van der Waals surface area contributed by atoms with Crippen LogP contribution in [0.3, 0.4) is 0 Å². The van der Waals surface area contributed by atoms with Crippen LogP contribution >= 0.6 is 15.9 Å². The van der Waals surface area contributed by atoms with Crippen molar-refractivity contribution in [2.24, 2.45) is 0 Å². The van der Waals surface area contributed by atoms with Gasteiger partial charge < -0.3 is 15.0 Å². The Morgan fingerprint density at radius 3 is 2.36 bits per heavy atom. The van der Waals surface area contributed by atoms with Gasteiger partial charge in [-0.05, 0) is 36.8 Å². The van der Waals surface area contributed by atoms with Crippen LogP contribution in [-0.4, -0.2) is 31.1 Å². The van der Waals surface area contributed by atoms with E-state index < -0.39 is 0 Å². The highest BCUT2D eigenvalue weighted by molar-refractivity contribution is 9.11. The van der Waals surface area contributed by atoms with Gasteiger partial charge in [-0.15, -0.1) is 0 Å². The number of methoxy groups -OCH3 is 1. The molecule has 1 atom stereocenters. The molecule has 0 aliphatic carbocycles. The van der Waals surface area contributed by atoms with Crippen LogP contribution in [0.15, 0.2) is 72.1 Å². The van der Waals surface area contributed by atoms with E-state index in [4.69, 9.17) is 4.74 Å². The number of carbonyl (C=O) groups excluding carboxylic acids is 1. The Morgan fingerprint density at radius 2 is 1.91 bits per heavy atom. The maximum atomic E-state index is 12.1. The van der Waals surface area contributed by atoms with Crippen molar-refractivity contribution in [3.63, 3.8) is 0 Å². The number of allylic oxidation sites excluding steroid dienone is 4. The lowest BCUT2D eigenvalue weighted by Crippen LogP contribution is -2.42. The summed E-state index contributed by atoms with van der Waals surface area (Å²) in [7, 11) is 3.23. The molecule has 0 rings (SSSR count). The maximum Gasteiger partial charge on any atom is 0.322 e. The molecule has 0 aliphatic heterocycles. The summed E-state index contributed by atoms with van der Waals surface area (Å²) < 4.78 is 5.80. The molecule has 0 aromatic rings. The molecule has 2 amide bonds. The number of hydrogen-bond acceptors (Lipinski definition) is 2. The molecule has 0 aromatic carbocycles. The lowest BCUT2D eigenvalue weighted by atomic mass is 10.1. The summed E-state index contributed by atoms with van der Waals surface area (Å²) in [5.74, 6) is 0.592. The molecule has 1 N–H and O–H groups in total. The number of urea groups is 1. The zero-order valence-electron chi connectivity index (χ0n) is 13.4. The summed E-state index contributed by atoms with van der Waals surface area (Å²) in [5.41, 5.74) is 1.19. The van der Waals surface area contributed by atoms with Gasteiger partial charge in [-0.25, -0.2) is 4.79 Å². The van der Waals surface area contributed by atoms with Crippen molar-refractivity contribution >= 4 is 22.0 Å². The van der Waals surface area contributed by atoms with Crippen molar-refractivity contribution < 1.29 is 9.53 Å². The van der Waals surface area contributed by atoms with Gasteiger partial charge in [-0.3, -0.25) is 0 Å². The first-order chi connectivity index (χ1) is 10.2. The zero-order chi connectivity index (χ0) is 17.3. The first kappa shape index (κ1) is 20.0. The smallest absolute Gasteiger partial charge is 0.322 e. The number of halogens is 1. The monoisotopic (exact) mass is 366 g/mol. The van der Waals surface area contributed by atoms with Crippen molar-refractivity contribution in [1.29, 1.82) is 0 Å². The molecule has 5 heteroatoms. The van der Waals surface area contributed by atoms with E-state index in [0.29, 0.717) is 15.9 Å². The van der Waals surface area contributed by atoms with E-state index in [2.05, 4.69) is 47.6 Å². The third-order valence-corrected chi connectivity index (χ3v) is 3.20. The molecule has 0 heterocycles. The fourth-order valence-corrected chi connectivity index (χ4v) is 1.52. The standard InChI is InChI=1S/C17H23BrN2O2/c1-8-16(22-7)11-12(2)15(5)20(6)17(21)19-14(4)10-9-13(3)18/h8-11,15H,1-4H2,5-7H3,(H,19,21)/b10-9-,16-11+. The van der Waals surface area contributed by atoms with Crippen LogP contribution in [-0.2, 0) is 4.74 Å². The molecule has 4 nitrogen and oxygen atoms in total. The Labute approximate surface area is 141 Å². The second kappa shape index (κ2) is 9.84. The van der Waals surface area contributed by atoms with E-state index in [9.17, 15) is 4.79 Å². The topological polar surface area (TPSA) is 41.6 Å². The number of amides is 2. The molecule has 0 radical (unpaired) electrons. The summed E-state index contributed by atoms with van der Waals surface area (Å²) in [6.45, 7) is 16.9. The van der Waals surface area contributed by atoms with Crippen LogP contribution in [0.1, 0.15) is 6.92 Å². The molecular formula is C17H23BrN2O2. The lowest BCUT2D eigenvalue weighted by Gasteiger charge is -2.26. The molecule has 1 unspecified atom stereocenters. The van der Waals surface area contributed by atoms with Crippen molar-refractivity contribution in [3.8, 4) is 0 Å². The highest BCUT2D eigenvalue weighted by atomic mass is 79.9. The van der Waals surface area contributed by atoms with Crippen LogP contribution in [0.25, 0.3) is 0 Å². The van der Waals surface area contributed by atoms with E-state index in [1.807, 2.05) is 6.92 Å². The summed E-state index contributed by atoms with van der Waals surface area (Å²) in [6.07, 6.45) is 6.67. The number of nitrogens with one attached hydrogen (secondary N) is 1. The minimum atomic E-state index is -0.283. The predicted molar refractivity (Wildman–Crippen MR) is 96.5 cm³/mol. The zero-order valence-corrected chi connectivity index (χ0v) is 14.9. The summed E-state index contributed by atoms with van der Waals surface area (Å²) in [6, 6.07) is -0.498. The van der Waals surface area contributed by atoms with Gasteiger partial charge in [0.15, 0.2) is 0 Å². The molecule has 22 heavy (non-hydrogen) atoms. The fraction of sp³-hybridized carbons (Fsp3) is 0.235. The summed E-state index contributed by atoms with van der Waals surface area (Å²) in [4.78, 5) is 13.7. The first-order valence-corrected chi connectivity index (χ1v) is 7.34. The van der Waals surface area contributed by atoms with E-state index in [-0.39, 0.29) is 12.1 Å². The minimum absolute atomic E-state index is 0.215. The van der Waals surface area contributed by atoms with Crippen LogP contribution < -0.4 is 5.32 Å². The lowest BCUT2D eigenvalue weighted by molar-refractivity contribution is 0.204. The van der Waals surface area contributed by atoms with Crippen LogP contribution in [0.4, 0.5) is 4.79 Å². The second-order valence-corrected chi connectivity index (χ2v) is 5.57. The maximum absolute atomic E-state index is 12.1. The van der Waals surface area contributed by atoms with Gasteiger partial charge in [0, 0.05) is 17.2 Å². The van der Waals surface area contributed by atoms with Crippen LogP contribution in [0.5, 0.6) is 0 Å². The summed E-state index contributed by atoms with van der Waals surface area (Å²) in [5, 5.41) is 2.68. The molecular weight excluding hydrogens is 344 g/mol. The van der Waals surface area contributed by atoms with E-state index in [1.54, 1.807) is 38.5 Å². The molecule has 0 aromatic heterocycles. The van der Waals surface area contributed by atoms with E-state index in [0.717, 1.165) is 5.57 Å². The molecule has 120 valence electrons. The van der Waals surface area contributed by atoms with Gasteiger partial charge in [0.2, 0.25) is 0 Å². The Bertz CT molecular complexity index is 533. The number of nitrogens with zero attached hydrogens (tertiary/aromatic N) is 1. The third kappa shape index (κ3) is 7.13. The Balaban J connectivity index is 4.78. The average Bonchev–Trinajstić information content (AvgIpc) is 2.48. The molecule has 0 fully saturated rings. The predicted octanol–water partition coefficient (Wildman–Crippen LogP) is 4.27. The molecule has 0 spiro atoms. The van der Waals surface area contributed by atoms with Gasteiger partial charge >= 0.3 is 6.03 Å². The van der Waals surface area contributed by atoms with E-state index in [1.165, 1.54) is 4.90 Å². The molecule has 0 saturated heterocycles. The fourth-order valence-electron chi connectivity index (χ4n) is 1.39. The normalized spacial score (nSPS) is 12.5. The minimum Gasteiger partial charge on any atom is -0.497 e. The van der Waals surface area contributed by atoms with Crippen molar-refractivity contribution in [3.05, 3.63) is 72.1 Å².